The van der Waals surface area contributed by atoms with E-state index in [1.54, 1.807) is 6.26 Å². The Hall–Kier alpha value is -1.29. The number of hydrogen-bond acceptors (Lipinski definition) is 2. The van der Waals surface area contributed by atoms with Crippen molar-refractivity contribution in [2.75, 3.05) is 6.54 Å². The molecule has 1 aromatic heterocycles. The van der Waals surface area contributed by atoms with E-state index in [1.807, 2.05) is 24.3 Å². The van der Waals surface area contributed by atoms with Crippen LogP contribution in [0.4, 0.5) is 0 Å². The Labute approximate surface area is 137 Å². The van der Waals surface area contributed by atoms with Crippen molar-refractivity contribution in [2.45, 2.75) is 13.0 Å². The van der Waals surface area contributed by atoms with Gasteiger partial charge in [-0.05, 0) is 45.6 Å². The molecule has 3 rings (SSSR count). The summed E-state index contributed by atoms with van der Waals surface area (Å²) in [5.74, 6) is 0. The second-order valence-corrected chi connectivity index (χ2v) is 5.95. The van der Waals surface area contributed by atoms with Gasteiger partial charge in [-0.15, -0.1) is 0 Å². The maximum atomic E-state index is 6.32. The summed E-state index contributed by atoms with van der Waals surface area (Å²) in [7, 11) is 0. The maximum absolute atomic E-state index is 6.32. The molecule has 0 saturated carbocycles. The highest BCUT2D eigenvalue weighted by Crippen LogP contribution is 2.35. The predicted octanol–water partition coefficient (Wildman–Crippen LogP) is 5.55. The second kappa shape index (κ2) is 6.22. The van der Waals surface area contributed by atoms with E-state index in [0.29, 0.717) is 0 Å². The van der Waals surface area contributed by atoms with Crippen LogP contribution in [0.2, 0.25) is 5.02 Å². The molecule has 2 aromatic carbocycles. The van der Waals surface area contributed by atoms with Crippen LogP contribution in [0.15, 0.2) is 57.8 Å². The zero-order valence-corrected chi connectivity index (χ0v) is 13.9. The largest absolute Gasteiger partial charge is 0.457 e. The van der Waals surface area contributed by atoms with Gasteiger partial charge in [-0.25, -0.2) is 0 Å². The highest BCUT2D eigenvalue weighted by Gasteiger charge is 2.20. The molecule has 0 aliphatic rings. The fourth-order valence-electron chi connectivity index (χ4n) is 2.64. The molecule has 108 valence electrons. The van der Waals surface area contributed by atoms with E-state index in [9.17, 15) is 0 Å². The molecule has 0 aliphatic heterocycles. The number of nitrogens with one attached hydrogen (secondary N) is 1. The number of fused-ring (bicyclic) bond motifs is 1. The van der Waals surface area contributed by atoms with Gasteiger partial charge in [0.15, 0.2) is 4.67 Å². The van der Waals surface area contributed by atoms with Gasteiger partial charge >= 0.3 is 0 Å². The van der Waals surface area contributed by atoms with Gasteiger partial charge < -0.3 is 9.73 Å². The van der Waals surface area contributed by atoms with E-state index in [0.717, 1.165) is 32.6 Å². The van der Waals surface area contributed by atoms with Crippen LogP contribution in [0.25, 0.3) is 10.8 Å². The molecule has 0 spiro atoms. The first-order valence-electron chi connectivity index (χ1n) is 6.85. The second-order valence-electron chi connectivity index (χ2n) is 4.82. The van der Waals surface area contributed by atoms with E-state index in [4.69, 9.17) is 16.0 Å². The summed E-state index contributed by atoms with van der Waals surface area (Å²) in [4.78, 5) is 0. The van der Waals surface area contributed by atoms with Gasteiger partial charge in [-0.1, -0.05) is 48.9 Å². The molecular weight excluding hydrogens is 350 g/mol. The summed E-state index contributed by atoms with van der Waals surface area (Å²) in [6.45, 7) is 2.96. The Kier molecular flexibility index (Phi) is 4.34. The first-order valence-corrected chi connectivity index (χ1v) is 8.03. The molecule has 3 aromatic rings. The van der Waals surface area contributed by atoms with Crippen molar-refractivity contribution in [2.24, 2.45) is 0 Å². The average Bonchev–Trinajstić information content (AvgIpc) is 2.92. The first-order chi connectivity index (χ1) is 10.2. The van der Waals surface area contributed by atoms with Crippen molar-refractivity contribution in [1.82, 2.24) is 5.32 Å². The van der Waals surface area contributed by atoms with Crippen LogP contribution in [0.3, 0.4) is 0 Å². The van der Waals surface area contributed by atoms with E-state index in [2.05, 4.69) is 46.4 Å². The minimum atomic E-state index is 0.0605. The molecule has 0 amide bonds. The first kappa shape index (κ1) is 14.6. The highest BCUT2D eigenvalue weighted by atomic mass is 79.9. The minimum absolute atomic E-state index is 0.0605. The topological polar surface area (TPSA) is 25.2 Å². The van der Waals surface area contributed by atoms with Gasteiger partial charge in [0.1, 0.15) is 0 Å². The van der Waals surface area contributed by atoms with Crippen LogP contribution in [0, 0.1) is 0 Å². The van der Waals surface area contributed by atoms with Crippen molar-refractivity contribution in [1.29, 1.82) is 0 Å². The van der Waals surface area contributed by atoms with Crippen LogP contribution in [0.5, 0.6) is 0 Å². The summed E-state index contributed by atoms with van der Waals surface area (Å²) in [5, 5.41) is 6.52. The minimum Gasteiger partial charge on any atom is -0.457 e. The van der Waals surface area contributed by atoms with Crippen molar-refractivity contribution in [3.05, 3.63) is 69.5 Å². The molecule has 4 heteroatoms. The molecule has 0 aliphatic carbocycles. The summed E-state index contributed by atoms with van der Waals surface area (Å²) in [5.41, 5.74) is 2.28. The smallest absolute Gasteiger partial charge is 0.174 e. The number of hydrogen-bond donors (Lipinski definition) is 1. The van der Waals surface area contributed by atoms with Gasteiger partial charge in [-0.3, -0.25) is 0 Å². The molecule has 1 heterocycles. The third-order valence-corrected chi connectivity index (χ3v) is 4.56. The summed E-state index contributed by atoms with van der Waals surface area (Å²) < 4.78 is 6.16. The van der Waals surface area contributed by atoms with Gasteiger partial charge in [0, 0.05) is 16.0 Å². The Morgan fingerprint density at radius 3 is 2.52 bits per heavy atom. The number of furan rings is 1. The summed E-state index contributed by atoms with van der Waals surface area (Å²) in [6.07, 6.45) is 1.70. The van der Waals surface area contributed by atoms with Crippen LogP contribution in [-0.2, 0) is 0 Å². The Balaban J connectivity index is 2.21. The van der Waals surface area contributed by atoms with Crippen molar-refractivity contribution >= 4 is 38.3 Å². The summed E-state index contributed by atoms with van der Waals surface area (Å²) in [6, 6.07) is 14.3. The quantitative estimate of drug-likeness (QED) is 0.657. The lowest BCUT2D eigenvalue weighted by atomic mass is 9.95. The van der Waals surface area contributed by atoms with E-state index in [1.165, 1.54) is 5.56 Å². The Morgan fingerprint density at radius 1 is 1.10 bits per heavy atom. The molecule has 0 fully saturated rings. The zero-order chi connectivity index (χ0) is 14.8. The monoisotopic (exact) mass is 363 g/mol. The van der Waals surface area contributed by atoms with Crippen LogP contribution in [0.1, 0.15) is 24.1 Å². The van der Waals surface area contributed by atoms with Crippen LogP contribution in [-0.4, -0.2) is 6.54 Å². The van der Waals surface area contributed by atoms with Gasteiger partial charge in [0.2, 0.25) is 0 Å². The van der Waals surface area contributed by atoms with Crippen molar-refractivity contribution < 1.29 is 4.42 Å². The predicted molar refractivity (Wildman–Crippen MR) is 90.9 cm³/mol. The SMILES string of the molecule is CCNC(c1ccoc1Br)c1ccc(Cl)c2ccccc12. The fourth-order valence-corrected chi connectivity index (χ4v) is 3.34. The van der Waals surface area contributed by atoms with Gasteiger partial charge in [0.25, 0.3) is 0 Å². The molecule has 21 heavy (non-hydrogen) atoms. The third kappa shape index (κ3) is 2.73. The maximum Gasteiger partial charge on any atom is 0.174 e. The Bertz CT molecular complexity index is 768. The number of rotatable bonds is 4. The molecule has 1 unspecified atom stereocenters. The number of benzene rings is 2. The molecule has 1 N–H and O–H groups in total. The van der Waals surface area contributed by atoms with E-state index in [-0.39, 0.29) is 6.04 Å². The lowest BCUT2D eigenvalue weighted by molar-refractivity contribution is 0.527. The van der Waals surface area contributed by atoms with Crippen molar-refractivity contribution in [3.8, 4) is 0 Å². The molecule has 1 atom stereocenters. The molecule has 0 radical (unpaired) electrons. The lowest BCUT2D eigenvalue weighted by Crippen LogP contribution is -2.22. The van der Waals surface area contributed by atoms with Gasteiger partial charge in [0.05, 0.1) is 12.3 Å². The normalized spacial score (nSPS) is 12.7. The van der Waals surface area contributed by atoms with Crippen LogP contribution >= 0.6 is 27.5 Å². The molecular formula is C17H15BrClNO. The van der Waals surface area contributed by atoms with E-state index >= 15 is 0 Å². The number of halogens is 2. The third-order valence-electron chi connectivity index (χ3n) is 3.58. The average molecular weight is 365 g/mol. The summed E-state index contributed by atoms with van der Waals surface area (Å²) >= 11 is 9.80. The van der Waals surface area contributed by atoms with Crippen LogP contribution < -0.4 is 5.32 Å². The molecule has 0 bridgehead atoms. The molecule has 0 saturated heterocycles. The zero-order valence-electron chi connectivity index (χ0n) is 11.6. The Morgan fingerprint density at radius 2 is 1.86 bits per heavy atom. The van der Waals surface area contributed by atoms with Gasteiger partial charge in [-0.2, -0.15) is 0 Å². The molecule has 2 nitrogen and oxygen atoms in total. The fraction of sp³-hybridized carbons (Fsp3) is 0.176. The van der Waals surface area contributed by atoms with E-state index < -0.39 is 0 Å². The van der Waals surface area contributed by atoms with Crippen molar-refractivity contribution in [3.63, 3.8) is 0 Å². The standard InChI is InChI=1S/C17H15BrClNO/c1-2-20-16(14-9-10-21-17(14)18)13-7-8-15(19)12-6-4-3-5-11(12)13/h3-10,16,20H,2H2,1H3. The highest BCUT2D eigenvalue weighted by molar-refractivity contribution is 9.10. The lowest BCUT2D eigenvalue weighted by Gasteiger charge is -2.20.